The topological polar surface area (TPSA) is 117 Å². The number of nitrogens with zero attached hydrogens (tertiary/aromatic N) is 5. The number of hydrogen-bond acceptors (Lipinski definition) is 6. The molecule has 1 saturated heterocycles. The Balaban J connectivity index is 1.31. The van der Waals surface area contributed by atoms with Crippen LogP contribution in [-0.4, -0.2) is 50.9 Å². The Morgan fingerprint density at radius 1 is 1.38 bits per heavy atom. The fraction of sp³-hybridized carbons (Fsp3) is 0.435. The number of aromatic nitrogens is 3. The Labute approximate surface area is 186 Å². The predicted molar refractivity (Wildman–Crippen MR) is 116 cm³/mol. The summed E-state index contributed by atoms with van der Waals surface area (Å²) in [6.07, 6.45) is 4.23. The summed E-state index contributed by atoms with van der Waals surface area (Å²) in [5, 5.41) is 17.1. The van der Waals surface area contributed by atoms with E-state index in [9.17, 15) is 14.9 Å². The van der Waals surface area contributed by atoms with E-state index in [4.69, 9.17) is 4.42 Å². The van der Waals surface area contributed by atoms with E-state index in [1.165, 1.54) is 6.26 Å². The molecule has 32 heavy (non-hydrogen) atoms. The number of fused-ring (bicyclic) bond motifs is 1. The molecule has 1 aliphatic heterocycles. The van der Waals surface area contributed by atoms with Crippen LogP contribution in [0.25, 0.3) is 5.65 Å². The summed E-state index contributed by atoms with van der Waals surface area (Å²) in [6.45, 7) is 5.32. The minimum atomic E-state index is -0.234. The average Bonchev–Trinajstić information content (AvgIpc) is 3.44. The van der Waals surface area contributed by atoms with Crippen LogP contribution >= 0.6 is 0 Å². The molecule has 0 saturated carbocycles. The molecule has 1 fully saturated rings. The lowest BCUT2D eigenvalue weighted by Gasteiger charge is -2.31. The number of nitriles is 1. The summed E-state index contributed by atoms with van der Waals surface area (Å²) in [7, 11) is 0. The molecule has 9 heteroatoms. The Morgan fingerprint density at radius 3 is 2.97 bits per heavy atom. The number of amides is 2. The maximum Gasteiger partial charge on any atom is 0.289 e. The molecule has 3 aromatic rings. The van der Waals surface area contributed by atoms with Gasteiger partial charge in [-0.25, -0.2) is 9.50 Å². The lowest BCUT2D eigenvalue weighted by atomic mass is 9.97. The van der Waals surface area contributed by atoms with E-state index in [0.29, 0.717) is 55.1 Å². The third-order valence-electron chi connectivity index (χ3n) is 5.78. The minimum absolute atomic E-state index is 0.0504. The van der Waals surface area contributed by atoms with Crippen LogP contribution in [0.5, 0.6) is 0 Å². The number of rotatable bonds is 6. The van der Waals surface area contributed by atoms with Crippen LogP contribution in [0.15, 0.2) is 28.9 Å². The van der Waals surface area contributed by atoms with Crippen molar-refractivity contribution in [2.75, 3.05) is 19.6 Å². The lowest BCUT2D eigenvalue weighted by molar-refractivity contribution is -0.126. The second-order valence-electron chi connectivity index (χ2n) is 8.17. The van der Waals surface area contributed by atoms with Gasteiger partial charge < -0.3 is 14.6 Å². The first-order valence-corrected chi connectivity index (χ1v) is 10.8. The van der Waals surface area contributed by atoms with E-state index >= 15 is 0 Å². The van der Waals surface area contributed by atoms with Crippen LogP contribution in [0.1, 0.15) is 52.5 Å². The van der Waals surface area contributed by atoms with E-state index in [-0.39, 0.29) is 17.7 Å². The molecule has 0 spiro atoms. The predicted octanol–water partition coefficient (Wildman–Crippen LogP) is 2.41. The monoisotopic (exact) mass is 434 g/mol. The van der Waals surface area contributed by atoms with Gasteiger partial charge in [0.05, 0.1) is 17.9 Å². The molecule has 1 unspecified atom stereocenters. The van der Waals surface area contributed by atoms with Crippen molar-refractivity contribution in [1.29, 1.82) is 5.26 Å². The van der Waals surface area contributed by atoms with Gasteiger partial charge >= 0.3 is 0 Å². The number of aryl methyl sites for hydroxylation is 3. The zero-order valence-corrected chi connectivity index (χ0v) is 18.3. The number of piperidine rings is 1. The number of likely N-dealkylation sites (tertiary alicyclic amines) is 1. The highest BCUT2D eigenvalue weighted by atomic mass is 16.3. The van der Waals surface area contributed by atoms with Crippen molar-refractivity contribution in [1.82, 2.24) is 24.8 Å². The van der Waals surface area contributed by atoms with Gasteiger partial charge in [0, 0.05) is 31.0 Å². The molecule has 1 N–H and O–H groups in total. The summed E-state index contributed by atoms with van der Waals surface area (Å²) >= 11 is 0. The van der Waals surface area contributed by atoms with E-state index < -0.39 is 0 Å². The van der Waals surface area contributed by atoms with Crippen molar-refractivity contribution < 1.29 is 14.0 Å². The molecular formula is C23H26N6O3. The quantitative estimate of drug-likeness (QED) is 0.596. The molecule has 3 aromatic heterocycles. The van der Waals surface area contributed by atoms with Crippen LogP contribution < -0.4 is 5.32 Å². The van der Waals surface area contributed by atoms with E-state index in [0.717, 1.165) is 24.2 Å². The highest BCUT2D eigenvalue weighted by Gasteiger charge is 2.29. The van der Waals surface area contributed by atoms with Gasteiger partial charge in [0.1, 0.15) is 11.6 Å². The standard InChI is InChI=1S/C23H26N6O3/c1-15-12-16(2)29-21(26-15)18(13-24)19(27-29)7-3-9-25-22(30)17-6-4-10-28(14-17)23(31)20-8-5-11-32-20/h5,8,11-12,17H,3-4,6-7,9-10,14H2,1-2H3,(H,25,30). The average molecular weight is 435 g/mol. The number of carbonyl (C=O) groups excluding carboxylic acids is 2. The van der Waals surface area contributed by atoms with E-state index in [1.54, 1.807) is 21.5 Å². The van der Waals surface area contributed by atoms with Gasteiger partial charge in [0.25, 0.3) is 5.91 Å². The van der Waals surface area contributed by atoms with Gasteiger partial charge in [-0.15, -0.1) is 0 Å². The van der Waals surface area contributed by atoms with Crippen LogP contribution in [0.2, 0.25) is 0 Å². The zero-order valence-electron chi connectivity index (χ0n) is 18.3. The van der Waals surface area contributed by atoms with Crippen LogP contribution in [0.4, 0.5) is 0 Å². The first kappa shape index (κ1) is 21.6. The smallest absolute Gasteiger partial charge is 0.289 e. The minimum Gasteiger partial charge on any atom is -0.459 e. The third kappa shape index (κ3) is 4.35. The second kappa shape index (κ2) is 9.22. The Kier molecular flexibility index (Phi) is 6.21. The lowest BCUT2D eigenvalue weighted by Crippen LogP contribution is -2.45. The molecule has 0 radical (unpaired) electrons. The first-order valence-electron chi connectivity index (χ1n) is 10.8. The molecule has 1 aliphatic rings. The first-order chi connectivity index (χ1) is 15.5. The Morgan fingerprint density at radius 2 is 2.22 bits per heavy atom. The Hall–Kier alpha value is -3.67. The molecule has 166 valence electrons. The zero-order chi connectivity index (χ0) is 22.7. The normalized spacial score (nSPS) is 16.2. The van der Waals surface area contributed by atoms with Crippen molar-refractivity contribution >= 4 is 17.5 Å². The molecular weight excluding hydrogens is 408 g/mol. The molecule has 4 rings (SSSR count). The van der Waals surface area contributed by atoms with Crippen molar-refractivity contribution in [3.63, 3.8) is 0 Å². The second-order valence-corrected chi connectivity index (χ2v) is 8.17. The number of hydrogen-bond donors (Lipinski definition) is 1. The molecule has 0 bridgehead atoms. The van der Waals surface area contributed by atoms with Crippen molar-refractivity contribution in [2.24, 2.45) is 5.92 Å². The Bertz CT molecular complexity index is 1170. The largest absolute Gasteiger partial charge is 0.459 e. The molecule has 9 nitrogen and oxygen atoms in total. The van der Waals surface area contributed by atoms with Crippen LogP contribution in [0.3, 0.4) is 0 Å². The van der Waals surface area contributed by atoms with Gasteiger partial charge in [-0.05, 0) is 57.7 Å². The summed E-state index contributed by atoms with van der Waals surface area (Å²) in [5.74, 6) is -0.165. The maximum absolute atomic E-state index is 12.7. The summed E-state index contributed by atoms with van der Waals surface area (Å²) < 4.78 is 6.89. The molecule has 4 heterocycles. The number of furan rings is 1. The van der Waals surface area contributed by atoms with Gasteiger partial charge in [0.2, 0.25) is 5.91 Å². The van der Waals surface area contributed by atoms with E-state index in [1.807, 2.05) is 19.9 Å². The summed E-state index contributed by atoms with van der Waals surface area (Å²) in [4.78, 5) is 31.3. The highest BCUT2D eigenvalue weighted by molar-refractivity contribution is 5.92. The number of nitrogens with one attached hydrogen (secondary N) is 1. The van der Waals surface area contributed by atoms with Gasteiger partial charge in [-0.3, -0.25) is 9.59 Å². The summed E-state index contributed by atoms with van der Waals surface area (Å²) in [5.41, 5.74) is 3.53. The third-order valence-corrected chi connectivity index (χ3v) is 5.78. The molecule has 2 amide bonds. The van der Waals surface area contributed by atoms with Crippen molar-refractivity contribution in [3.05, 3.63) is 52.9 Å². The molecule has 1 atom stereocenters. The van der Waals surface area contributed by atoms with Gasteiger partial charge in [0.15, 0.2) is 11.4 Å². The van der Waals surface area contributed by atoms with E-state index in [2.05, 4.69) is 21.5 Å². The van der Waals surface area contributed by atoms with Crippen molar-refractivity contribution in [3.8, 4) is 6.07 Å². The molecule has 0 aliphatic carbocycles. The van der Waals surface area contributed by atoms with Crippen LogP contribution in [-0.2, 0) is 11.2 Å². The van der Waals surface area contributed by atoms with Crippen molar-refractivity contribution in [2.45, 2.75) is 39.5 Å². The van der Waals surface area contributed by atoms with Gasteiger partial charge in [-0.1, -0.05) is 0 Å². The SMILES string of the molecule is Cc1cc(C)n2nc(CCCNC(=O)C3CCCN(C(=O)c4ccco4)C3)c(C#N)c2n1. The summed E-state index contributed by atoms with van der Waals surface area (Å²) in [6, 6.07) is 7.47. The fourth-order valence-corrected chi connectivity index (χ4v) is 4.20. The highest BCUT2D eigenvalue weighted by Crippen LogP contribution is 2.20. The fourth-order valence-electron chi connectivity index (χ4n) is 4.20. The maximum atomic E-state index is 12.7. The van der Waals surface area contributed by atoms with Gasteiger partial charge in [-0.2, -0.15) is 10.4 Å². The molecule has 0 aromatic carbocycles. The number of carbonyl (C=O) groups is 2. The van der Waals surface area contributed by atoms with Crippen LogP contribution in [0, 0.1) is 31.1 Å².